The van der Waals surface area contributed by atoms with Gasteiger partial charge >= 0.3 is 0 Å². The van der Waals surface area contributed by atoms with Crippen molar-refractivity contribution in [1.29, 1.82) is 0 Å². The molecule has 2 aromatic rings. The number of benzene rings is 2. The van der Waals surface area contributed by atoms with Gasteiger partial charge in [0.05, 0.1) is 5.69 Å². The lowest BCUT2D eigenvalue weighted by atomic mass is 10.1. The molecule has 0 saturated carbocycles. The van der Waals surface area contributed by atoms with Gasteiger partial charge in [0.25, 0.3) is 11.8 Å². The summed E-state index contributed by atoms with van der Waals surface area (Å²) >= 11 is 7.71. The molecule has 3 amide bonds. The summed E-state index contributed by atoms with van der Waals surface area (Å²) in [4.78, 5) is 40.3. The number of rotatable bonds is 5. The molecule has 2 heterocycles. The van der Waals surface area contributed by atoms with E-state index < -0.39 is 23.9 Å². The lowest BCUT2D eigenvalue weighted by Gasteiger charge is -2.20. The highest BCUT2D eigenvalue weighted by Crippen LogP contribution is 2.33. The smallest absolute Gasteiger partial charge is 0.263 e. The van der Waals surface area contributed by atoms with Gasteiger partial charge in [-0.1, -0.05) is 29.0 Å². The second kappa shape index (κ2) is 8.08. The van der Waals surface area contributed by atoms with Gasteiger partial charge in [-0.05, 0) is 49.1 Å². The lowest BCUT2D eigenvalue weighted by molar-refractivity contribution is -0.123. The Balaban J connectivity index is 1.49. The fourth-order valence-corrected chi connectivity index (χ4v) is 4.01. The summed E-state index contributed by atoms with van der Waals surface area (Å²) in [5.41, 5.74) is 1.86. The third-order valence-corrected chi connectivity index (χ3v) is 6.06. The minimum absolute atomic E-state index is 0.199. The molecular formula is C20H18ClN5O3S. The Hall–Kier alpha value is -2.91. The number of nitrogens with zero attached hydrogens (tertiary/aromatic N) is 4. The minimum atomic E-state index is -0.967. The number of nitrogens with one attached hydrogen (secondary N) is 1. The van der Waals surface area contributed by atoms with Crippen molar-refractivity contribution in [3.8, 4) is 0 Å². The Kier molecular flexibility index (Phi) is 5.48. The van der Waals surface area contributed by atoms with E-state index in [1.165, 1.54) is 5.01 Å². The standard InChI is InChI=1S/C20H18ClN5O3S/c1-11-6-7-13(9-15(11)21)26-19(28)17-18(20(26)29)25(24-23-17)10-16(27)22-12-4-3-5-14(8-12)30-2/h3-9,17-18H,10H2,1-2H3,(H,22,27). The predicted molar refractivity (Wildman–Crippen MR) is 115 cm³/mol. The molecule has 0 aliphatic carbocycles. The average Bonchev–Trinajstić information content (AvgIpc) is 3.24. The first-order chi connectivity index (χ1) is 14.4. The molecule has 154 valence electrons. The topological polar surface area (TPSA) is 94.4 Å². The maximum Gasteiger partial charge on any atom is 0.263 e. The molecule has 4 rings (SSSR count). The van der Waals surface area contributed by atoms with Crippen molar-refractivity contribution in [2.45, 2.75) is 23.9 Å². The van der Waals surface area contributed by atoms with Crippen LogP contribution in [0.2, 0.25) is 5.02 Å². The summed E-state index contributed by atoms with van der Waals surface area (Å²) in [7, 11) is 0. The van der Waals surface area contributed by atoms with E-state index in [1.54, 1.807) is 36.0 Å². The number of imide groups is 1. The highest BCUT2D eigenvalue weighted by atomic mass is 35.5. The number of thioether (sulfide) groups is 1. The summed E-state index contributed by atoms with van der Waals surface area (Å²) in [6.45, 7) is 1.63. The number of carbonyl (C=O) groups is 3. The van der Waals surface area contributed by atoms with Gasteiger partial charge < -0.3 is 5.32 Å². The van der Waals surface area contributed by atoms with Gasteiger partial charge in [0.2, 0.25) is 5.91 Å². The molecule has 2 unspecified atom stereocenters. The number of fused-ring (bicyclic) bond motifs is 1. The third kappa shape index (κ3) is 3.66. The van der Waals surface area contributed by atoms with Crippen molar-refractivity contribution >= 4 is 52.5 Å². The molecule has 2 aromatic carbocycles. The molecule has 1 fully saturated rings. The summed E-state index contributed by atoms with van der Waals surface area (Å²) in [6.07, 6.45) is 1.95. The third-order valence-electron chi connectivity index (χ3n) is 4.93. The number of amides is 3. The molecule has 10 heteroatoms. The number of aryl methyl sites for hydroxylation is 1. The molecule has 2 aliphatic heterocycles. The van der Waals surface area contributed by atoms with Crippen LogP contribution in [-0.4, -0.2) is 47.6 Å². The van der Waals surface area contributed by atoms with E-state index in [9.17, 15) is 14.4 Å². The summed E-state index contributed by atoms with van der Waals surface area (Å²) < 4.78 is 0. The molecular weight excluding hydrogens is 426 g/mol. The Morgan fingerprint density at radius 1 is 1.20 bits per heavy atom. The molecule has 0 spiro atoms. The van der Waals surface area contributed by atoms with Gasteiger partial charge in [-0.2, -0.15) is 5.11 Å². The van der Waals surface area contributed by atoms with Crippen LogP contribution in [0, 0.1) is 6.92 Å². The van der Waals surface area contributed by atoms with Crippen molar-refractivity contribution in [2.24, 2.45) is 10.3 Å². The van der Waals surface area contributed by atoms with Crippen molar-refractivity contribution in [2.75, 3.05) is 23.0 Å². The normalized spacial score (nSPS) is 20.1. The van der Waals surface area contributed by atoms with E-state index in [1.807, 2.05) is 31.4 Å². The Morgan fingerprint density at radius 2 is 2.00 bits per heavy atom. The second-order valence-electron chi connectivity index (χ2n) is 6.92. The number of carbonyl (C=O) groups excluding carboxylic acids is 3. The van der Waals surface area contributed by atoms with Gasteiger partial charge in [-0.25, -0.2) is 4.90 Å². The van der Waals surface area contributed by atoms with Gasteiger partial charge in [-0.15, -0.1) is 11.8 Å². The first kappa shape index (κ1) is 20.4. The highest BCUT2D eigenvalue weighted by molar-refractivity contribution is 7.98. The largest absolute Gasteiger partial charge is 0.324 e. The van der Waals surface area contributed by atoms with E-state index in [0.29, 0.717) is 16.4 Å². The van der Waals surface area contributed by atoms with Gasteiger partial charge in [-0.3, -0.25) is 19.4 Å². The molecule has 1 saturated heterocycles. The monoisotopic (exact) mass is 443 g/mol. The highest BCUT2D eigenvalue weighted by Gasteiger charge is 2.55. The van der Waals surface area contributed by atoms with Gasteiger partial charge in [0.15, 0.2) is 12.1 Å². The van der Waals surface area contributed by atoms with Crippen molar-refractivity contribution < 1.29 is 14.4 Å². The van der Waals surface area contributed by atoms with Crippen molar-refractivity contribution in [3.63, 3.8) is 0 Å². The van der Waals surface area contributed by atoms with Crippen LogP contribution in [0.25, 0.3) is 0 Å². The summed E-state index contributed by atoms with van der Waals surface area (Å²) in [5, 5.41) is 12.3. The molecule has 8 nitrogen and oxygen atoms in total. The second-order valence-corrected chi connectivity index (χ2v) is 8.20. The molecule has 0 radical (unpaired) electrons. The van der Waals surface area contributed by atoms with E-state index in [4.69, 9.17) is 11.6 Å². The molecule has 30 heavy (non-hydrogen) atoms. The number of hydrogen-bond donors (Lipinski definition) is 1. The van der Waals surface area contributed by atoms with Crippen LogP contribution in [0.3, 0.4) is 0 Å². The molecule has 2 atom stereocenters. The Bertz CT molecular complexity index is 1080. The molecule has 2 aliphatic rings. The van der Waals surface area contributed by atoms with E-state index in [0.717, 1.165) is 15.4 Å². The van der Waals surface area contributed by atoms with Crippen LogP contribution in [0.1, 0.15) is 5.56 Å². The molecule has 0 bridgehead atoms. The van der Waals surface area contributed by atoms with Crippen LogP contribution < -0.4 is 10.2 Å². The quantitative estimate of drug-likeness (QED) is 0.565. The molecule has 0 aromatic heterocycles. The van der Waals surface area contributed by atoms with Crippen LogP contribution >= 0.6 is 23.4 Å². The number of anilines is 2. The predicted octanol–water partition coefficient (Wildman–Crippen LogP) is 3.30. The number of hydrogen-bond acceptors (Lipinski definition) is 7. The zero-order valence-corrected chi connectivity index (χ0v) is 17.8. The average molecular weight is 444 g/mol. The van der Waals surface area contributed by atoms with Gasteiger partial charge in [0, 0.05) is 15.6 Å². The van der Waals surface area contributed by atoms with E-state index in [-0.39, 0.29) is 12.5 Å². The maximum atomic E-state index is 13.0. The fourth-order valence-electron chi connectivity index (χ4n) is 3.38. The fraction of sp³-hybridized carbons (Fsp3) is 0.250. The summed E-state index contributed by atoms with van der Waals surface area (Å²) in [5.74, 6) is -1.32. The van der Waals surface area contributed by atoms with Crippen LogP contribution in [0.15, 0.2) is 57.7 Å². The van der Waals surface area contributed by atoms with E-state index in [2.05, 4.69) is 15.7 Å². The molecule has 1 N–H and O–H groups in total. The lowest BCUT2D eigenvalue weighted by Crippen LogP contribution is -2.43. The first-order valence-electron chi connectivity index (χ1n) is 9.14. The summed E-state index contributed by atoms with van der Waals surface area (Å²) in [6, 6.07) is 10.5. The number of halogens is 1. The van der Waals surface area contributed by atoms with E-state index >= 15 is 0 Å². The van der Waals surface area contributed by atoms with Gasteiger partial charge in [0.1, 0.15) is 6.54 Å². The Labute approximate surface area is 182 Å². The minimum Gasteiger partial charge on any atom is -0.324 e. The first-order valence-corrected chi connectivity index (χ1v) is 10.7. The zero-order valence-electron chi connectivity index (χ0n) is 16.2. The van der Waals surface area contributed by atoms with Crippen LogP contribution in [0.5, 0.6) is 0 Å². The van der Waals surface area contributed by atoms with Crippen LogP contribution in [-0.2, 0) is 14.4 Å². The SMILES string of the molecule is CSc1cccc(NC(=O)CN2N=NC3C(=O)N(c4ccc(C)c(Cl)c4)C(=O)C32)c1. The maximum absolute atomic E-state index is 13.0. The van der Waals surface area contributed by atoms with Crippen molar-refractivity contribution in [3.05, 3.63) is 53.1 Å². The van der Waals surface area contributed by atoms with Crippen LogP contribution in [0.4, 0.5) is 11.4 Å². The van der Waals surface area contributed by atoms with Crippen molar-refractivity contribution in [1.82, 2.24) is 5.01 Å². The zero-order chi connectivity index (χ0) is 21.4. The Morgan fingerprint density at radius 3 is 2.73 bits per heavy atom.